The van der Waals surface area contributed by atoms with Crippen molar-refractivity contribution >= 4 is 0 Å². The van der Waals surface area contributed by atoms with Gasteiger partial charge in [0, 0.05) is 5.92 Å². The van der Waals surface area contributed by atoms with E-state index in [1.807, 2.05) is 0 Å². The third kappa shape index (κ3) is 0.523. The lowest BCUT2D eigenvalue weighted by molar-refractivity contribution is 0.0924. The van der Waals surface area contributed by atoms with E-state index < -0.39 is 0 Å². The minimum Gasteiger partial charge on any atom is -0.393 e. The van der Waals surface area contributed by atoms with Gasteiger partial charge in [0.05, 0.1) is 18.3 Å². The normalized spacial score (nSPS) is 63.9. The molecule has 1 N–H and O–H groups in total. The Hall–Kier alpha value is -0.0800. The number of aliphatic hydroxyl groups is 1. The van der Waals surface area contributed by atoms with Crippen molar-refractivity contribution in [3.63, 3.8) is 0 Å². The Morgan fingerprint density at radius 1 is 1.30 bits per heavy atom. The van der Waals surface area contributed by atoms with Crippen LogP contribution in [-0.4, -0.2) is 23.4 Å². The summed E-state index contributed by atoms with van der Waals surface area (Å²) in [5.74, 6) is 1.32. The summed E-state index contributed by atoms with van der Waals surface area (Å²) in [6.07, 6.45) is 4.45. The number of hydrogen-bond acceptors (Lipinski definition) is 2. The quantitative estimate of drug-likeness (QED) is 0.498. The van der Waals surface area contributed by atoms with E-state index in [0.717, 1.165) is 12.3 Å². The molecule has 5 atom stereocenters. The van der Waals surface area contributed by atoms with Crippen LogP contribution in [0.15, 0.2) is 0 Å². The van der Waals surface area contributed by atoms with Crippen LogP contribution in [0, 0.1) is 11.8 Å². The maximum Gasteiger partial charge on any atom is 0.0897 e. The summed E-state index contributed by atoms with van der Waals surface area (Å²) >= 11 is 0. The molecular weight excluding hydrogens is 128 g/mol. The maximum absolute atomic E-state index is 9.52. The van der Waals surface area contributed by atoms with Crippen molar-refractivity contribution in [3.05, 3.63) is 0 Å². The van der Waals surface area contributed by atoms with Crippen molar-refractivity contribution in [1.82, 2.24) is 0 Å². The molecule has 0 bridgehead atoms. The largest absolute Gasteiger partial charge is 0.393 e. The molecule has 3 rings (SSSR count). The first kappa shape index (κ1) is 5.56. The molecule has 10 heavy (non-hydrogen) atoms. The van der Waals surface area contributed by atoms with Gasteiger partial charge in [-0.2, -0.15) is 0 Å². The van der Waals surface area contributed by atoms with Gasteiger partial charge in [0.2, 0.25) is 0 Å². The van der Waals surface area contributed by atoms with Crippen molar-refractivity contribution < 1.29 is 9.84 Å². The predicted octanol–water partition coefficient (Wildman–Crippen LogP) is 0.545. The zero-order chi connectivity index (χ0) is 6.72. The van der Waals surface area contributed by atoms with Gasteiger partial charge < -0.3 is 9.84 Å². The number of fused-ring (bicyclic) bond motifs is 3. The summed E-state index contributed by atoms with van der Waals surface area (Å²) in [7, 11) is 0. The minimum atomic E-state index is -0.0394. The topological polar surface area (TPSA) is 32.8 Å². The van der Waals surface area contributed by atoms with Crippen LogP contribution in [0.3, 0.4) is 0 Å². The number of ether oxygens (including phenoxy) is 1. The Labute approximate surface area is 60.2 Å². The van der Waals surface area contributed by atoms with Gasteiger partial charge in [0.25, 0.3) is 0 Å². The van der Waals surface area contributed by atoms with Crippen LogP contribution in [0.2, 0.25) is 0 Å². The van der Waals surface area contributed by atoms with Crippen LogP contribution in [0.4, 0.5) is 0 Å². The van der Waals surface area contributed by atoms with Gasteiger partial charge >= 0.3 is 0 Å². The molecule has 0 radical (unpaired) electrons. The average Bonchev–Trinajstić information content (AvgIpc) is 2.40. The van der Waals surface area contributed by atoms with Crippen LogP contribution in [-0.2, 0) is 4.74 Å². The lowest BCUT2D eigenvalue weighted by Gasteiger charge is -2.13. The second-order valence-electron chi connectivity index (χ2n) is 3.86. The van der Waals surface area contributed by atoms with E-state index >= 15 is 0 Å². The average molecular weight is 140 g/mol. The summed E-state index contributed by atoms with van der Waals surface area (Å²) in [6, 6.07) is 0. The molecule has 1 saturated heterocycles. The summed E-state index contributed by atoms with van der Waals surface area (Å²) in [4.78, 5) is 0. The van der Waals surface area contributed by atoms with Gasteiger partial charge in [-0.1, -0.05) is 0 Å². The highest BCUT2D eigenvalue weighted by molar-refractivity contribution is 5.07. The second kappa shape index (κ2) is 1.56. The molecule has 3 fully saturated rings. The standard InChI is InChI=1S/C8H12O2/c9-5-2-1-4-3-6-8(10-6)7(4)5/h4-9H,1-3H2/t4-,5-,6-,7+,8-/m1/s1. The lowest BCUT2D eigenvalue weighted by Crippen LogP contribution is -2.20. The fourth-order valence-corrected chi connectivity index (χ4v) is 2.83. The Morgan fingerprint density at radius 3 is 3.00 bits per heavy atom. The van der Waals surface area contributed by atoms with Gasteiger partial charge in [-0.15, -0.1) is 0 Å². The van der Waals surface area contributed by atoms with E-state index in [9.17, 15) is 5.11 Å². The second-order valence-corrected chi connectivity index (χ2v) is 3.86. The highest BCUT2D eigenvalue weighted by atomic mass is 16.6. The third-order valence-electron chi connectivity index (χ3n) is 3.36. The van der Waals surface area contributed by atoms with Crippen molar-refractivity contribution in [3.8, 4) is 0 Å². The molecule has 0 amide bonds. The molecule has 2 aliphatic carbocycles. The van der Waals surface area contributed by atoms with E-state index in [4.69, 9.17) is 4.74 Å². The first-order chi connectivity index (χ1) is 4.86. The number of epoxide rings is 1. The first-order valence-corrected chi connectivity index (χ1v) is 4.20. The van der Waals surface area contributed by atoms with E-state index in [1.165, 1.54) is 12.8 Å². The van der Waals surface area contributed by atoms with Crippen molar-refractivity contribution in [2.24, 2.45) is 11.8 Å². The lowest BCUT2D eigenvalue weighted by atomic mass is 9.98. The zero-order valence-corrected chi connectivity index (χ0v) is 5.86. The molecule has 0 aromatic rings. The molecule has 0 unspecified atom stereocenters. The van der Waals surface area contributed by atoms with Crippen molar-refractivity contribution in [1.29, 1.82) is 0 Å². The van der Waals surface area contributed by atoms with Gasteiger partial charge in [-0.05, 0) is 25.2 Å². The number of rotatable bonds is 0. The fourth-order valence-electron chi connectivity index (χ4n) is 2.83. The summed E-state index contributed by atoms with van der Waals surface area (Å²) < 4.78 is 5.38. The van der Waals surface area contributed by atoms with Crippen LogP contribution in [0.5, 0.6) is 0 Å². The van der Waals surface area contributed by atoms with Gasteiger partial charge in [0.1, 0.15) is 0 Å². The maximum atomic E-state index is 9.52. The van der Waals surface area contributed by atoms with Crippen LogP contribution < -0.4 is 0 Å². The molecule has 1 heterocycles. The van der Waals surface area contributed by atoms with Gasteiger partial charge in [0.15, 0.2) is 0 Å². The Kier molecular flexibility index (Phi) is 0.868. The van der Waals surface area contributed by atoms with E-state index in [0.29, 0.717) is 18.1 Å². The fraction of sp³-hybridized carbons (Fsp3) is 1.00. The third-order valence-corrected chi connectivity index (χ3v) is 3.36. The molecule has 0 aromatic heterocycles. The van der Waals surface area contributed by atoms with E-state index in [-0.39, 0.29) is 6.10 Å². The Balaban J connectivity index is 1.88. The molecule has 0 spiro atoms. The molecule has 56 valence electrons. The molecule has 2 saturated carbocycles. The molecule has 0 aromatic carbocycles. The highest BCUT2D eigenvalue weighted by Gasteiger charge is 2.59. The molecule has 3 aliphatic rings. The Bertz CT molecular complexity index is 167. The predicted molar refractivity (Wildman–Crippen MR) is 35.5 cm³/mol. The van der Waals surface area contributed by atoms with Crippen LogP contribution >= 0.6 is 0 Å². The smallest absolute Gasteiger partial charge is 0.0897 e. The molecular formula is C8H12O2. The first-order valence-electron chi connectivity index (χ1n) is 4.20. The number of aliphatic hydroxyl groups excluding tert-OH is 1. The Morgan fingerprint density at radius 2 is 2.20 bits per heavy atom. The van der Waals surface area contributed by atoms with Gasteiger partial charge in [-0.3, -0.25) is 0 Å². The van der Waals surface area contributed by atoms with Crippen LogP contribution in [0.25, 0.3) is 0 Å². The molecule has 2 heteroatoms. The van der Waals surface area contributed by atoms with Crippen molar-refractivity contribution in [2.45, 2.75) is 37.6 Å². The van der Waals surface area contributed by atoms with Crippen LogP contribution in [0.1, 0.15) is 19.3 Å². The van der Waals surface area contributed by atoms with Gasteiger partial charge in [-0.25, -0.2) is 0 Å². The monoisotopic (exact) mass is 140 g/mol. The molecule has 1 aliphatic heterocycles. The summed E-state index contributed by atoms with van der Waals surface area (Å²) in [6.45, 7) is 0. The number of hydrogen-bond donors (Lipinski definition) is 1. The molecule has 2 nitrogen and oxygen atoms in total. The zero-order valence-electron chi connectivity index (χ0n) is 5.86. The highest BCUT2D eigenvalue weighted by Crippen LogP contribution is 2.53. The minimum absolute atomic E-state index is 0.0394. The summed E-state index contributed by atoms with van der Waals surface area (Å²) in [5, 5.41) is 9.52. The van der Waals surface area contributed by atoms with Crippen molar-refractivity contribution in [2.75, 3.05) is 0 Å². The SMILES string of the molecule is O[C@@H]1CC[C@@H]2C[C@H]3O[C@H]3[C@@H]21. The van der Waals surface area contributed by atoms with E-state index in [1.54, 1.807) is 0 Å². The van der Waals surface area contributed by atoms with E-state index in [2.05, 4.69) is 0 Å². The summed E-state index contributed by atoms with van der Waals surface area (Å²) in [5.41, 5.74) is 0.